The third kappa shape index (κ3) is 2.65. The Bertz CT molecular complexity index is 671. The van der Waals surface area contributed by atoms with E-state index in [1.54, 1.807) is 4.90 Å². The average Bonchev–Trinajstić information content (AvgIpc) is 2.64. The summed E-state index contributed by atoms with van der Waals surface area (Å²) in [6.07, 6.45) is 0. The van der Waals surface area contributed by atoms with Crippen molar-refractivity contribution in [1.82, 2.24) is 4.90 Å². The lowest BCUT2D eigenvalue weighted by atomic mass is 9.86. The van der Waals surface area contributed by atoms with E-state index in [4.69, 9.17) is 14.6 Å². The van der Waals surface area contributed by atoms with E-state index >= 15 is 0 Å². The van der Waals surface area contributed by atoms with E-state index in [1.807, 2.05) is 13.8 Å². The van der Waals surface area contributed by atoms with Gasteiger partial charge in [-0.3, -0.25) is 4.79 Å². The lowest BCUT2D eigenvalue weighted by Gasteiger charge is -2.41. The van der Waals surface area contributed by atoms with Crippen LogP contribution >= 0.6 is 0 Å². The Morgan fingerprint density at radius 2 is 2.09 bits per heavy atom. The van der Waals surface area contributed by atoms with Gasteiger partial charge in [0.25, 0.3) is 0 Å². The summed E-state index contributed by atoms with van der Waals surface area (Å²) in [4.78, 5) is 25.4. The third-order valence-electron chi connectivity index (χ3n) is 4.36. The van der Waals surface area contributed by atoms with Gasteiger partial charge in [0, 0.05) is 5.56 Å². The van der Waals surface area contributed by atoms with Gasteiger partial charge in [-0.15, -0.1) is 0 Å². The molecule has 0 radical (unpaired) electrons. The van der Waals surface area contributed by atoms with Crippen molar-refractivity contribution in [3.8, 4) is 5.75 Å². The zero-order valence-corrected chi connectivity index (χ0v) is 13.0. The molecule has 0 aromatic heterocycles. The van der Waals surface area contributed by atoms with Gasteiger partial charge < -0.3 is 19.5 Å². The Kier molecular flexibility index (Phi) is 3.75. The molecule has 1 atom stereocenters. The molecule has 2 aliphatic heterocycles. The molecule has 2 heterocycles. The first-order valence-corrected chi connectivity index (χ1v) is 7.39. The summed E-state index contributed by atoms with van der Waals surface area (Å²) in [5, 5.41) is 9.02. The molecule has 1 amide bonds. The highest BCUT2D eigenvalue weighted by Gasteiger charge is 2.45. The Morgan fingerprint density at radius 1 is 1.39 bits per heavy atom. The second-order valence-electron chi connectivity index (χ2n) is 6.39. The van der Waals surface area contributed by atoms with Gasteiger partial charge in [0.2, 0.25) is 5.91 Å². The molecule has 6 nitrogen and oxygen atoms in total. The number of carbonyl (C=O) groups excluding carboxylic acids is 1. The summed E-state index contributed by atoms with van der Waals surface area (Å²) >= 11 is 0. The fraction of sp³-hybridized carbons (Fsp3) is 0.500. The quantitative estimate of drug-likeness (QED) is 0.896. The fourth-order valence-electron chi connectivity index (χ4n) is 2.79. The van der Waals surface area contributed by atoms with E-state index in [2.05, 4.69) is 0 Å². The van der Waals surface area contributed by atoms with Crippen LogP contribution in [-0.2, 0) is 16.1 Å². The minimum atomic E-state index is -1.22. The smallest absolute Gasteiger partial charge is 0.335 e. The van der Waals surface area contributed by atoms with E-state index in [9.17, 15) is 14.0 Å². The van der Waals surface area contributed by atoms with Crippen LogP contribution in [0.3, 0.4) is 0 Å². The van der Waals surface area contributed by atoms with Gasteiger partial charge in [0.1, 0.15) is 18.2 Å². The fourth-order valence-corrected chi connectivity index (χ4v) is 2.79. The molecule has 2 aliphatic rings. The number of carboxylic acids is 1. The molecule has 3 rings (SSSR count). The van der Waals surface area contributed by atoms with Gasteiger partial charge >= 0.3 is 5.97 Å². The number of fused-ring (bicyclic) bond motifs is 1. The van der Waals surface area contributed by atoms with Gasteiger partial charge in [-0.05, 0) is 26.0 Å². The lowest BCUT2D eigenvalue weighted by molar-refractivity contribution is -0.171. The van der Waals surface area contributed by atoms with Crippen molar-refractivity contribution in [3.05, 3.63) is 29.1 Å². The highest BCUT2D eigenvalue weighted by Crippen LogP contribution is 2.34. The lowest BCUT2D eigenvalue weighted by Crippen LogP contribution is -2.55. The van der Waals surface area contributed by atoms with Crippen LogP contribution in [0.15, 0.2) is 12.1 Å². The van der Waals surface area contributed by atoms with Crippen molar-refractivity contribution in [3.63, 3.8) is 0 Å². The number of nitrogens with zero attached hydrogens (tertiary/aromatic N) is 1. The standard InChI is InChI=1S/C16H18FNO5/c1-9-6-23-13-4-10(14(19)20)3-12(17)11(13)5-18(9)15(21)16(2)7-22-8-16/h3-4,9H,5-8H2,1-2H3,(H,19,20)/t9-/m0/s1. The van der Waals surface area contributed by atoms with Crippen LogP contribution in [0.25, 0.3) is 0 Å². The number of ether oxygens (including phenoxy) is 2. The summed E-state index contributed by atoms with van der Waals surface area (Å²) in [7, 11) is 0. The van der Waals surface area contributed by atoms with Gasteiger partial charge in [-0.1, -0.05) is 0 Å². The van der Waals surface area contributed by atoms with E-state index in [1.165, 1.54) is 6.07 Å². The van der Waals surface area contributed by atoms with Gasteiger partial charge in [-0.2, -0.15) is 0 Å². The predicted octanol–water partition coefficient (Wildman–Crippen LogP) is 1.67. The molecule has 1 aromatic rings. The Labute approximate surface area is 132 Å². The van der Waals surface area contributed by atoms with Crippen molar-refractivity contribution in [2.45, 2.75) is 26.4 Å². The number of halogens is 1. The molecule has 0 aliphatic carbocycles. The summed E-state index contributed by atoms with van der Waals surface area (Å²) in [5.74, 6) is -1.82. The van der Waals surface area contributed by atoms with E-state index < -0.39 is 17.2 Å². The SMILES string of the molecule is C[C@H]1COc2cc(C(=O)O)cc(F)c2CN1C(=O)C1(C)COC1. The van der Waals surface area contributed by atoms with E-state index in [0.29, 0.717) is 13.2 Å². The maximum atomic E-state index is 14.3. The molecule has 0 saturated carbocycles. The highest BCUT2D eigenvalue weighted by atomic mass is 19.1. The van der Waals surface area contributed by atoms with Crippen LogP contribution < -0.4 is 4.74 Å². The zero-order chi connectivity index (χ0) is 16.8. The molecule has 0 bridgehead atoms. The van der Waals surface area contributed by atoms with Crippen LogP contribution in [-0.4, -0.2) is 47.7 Å². The normalized spacial score (nSPS) is 22.4. The molecule has 1 saturated heterocycles. The van der Waals surface area contributed by atoms with Crippen LogP contribution in [0.5, 0.6) is 5.75 Å². The summed E-state index contributed by atoms with van der Waals surface area (Å²) < 4.78 is 25.0. The minimum Gasteiger partial charge on any atom is -0.491 e. The number of aromatic carboxylic acids is 1. The number of carbonyl (C=O) groups is 2. The second kappa shape index (κ2) is 5.49. The third-order valence-corrected chi connectivity index (χ3v) is 4.36. The van der Waals surface area contributed by atoms with Crippen molar-refractivity contribution >= 4 is 11.9 Å². The summed E-state index contributed by atoms with van der Waals surface area (Å²) in [6, 6.07) is 2.01. The van der Waals surface area contributed by atoms with Crippen molar-refractivity contribution in [2.24, 2.45) is 5.41 Å². The van der Waals surface area contributed by atoms with E-state index in [0.717, 1.165) is 6.07 Å². The minimum absolute atomic E-state index is 0.0522. The topological polar surface area (TPSA) is 76.1 Å². The van der Waals surface area contributed by atoms with Crippen LogP contribution in [0, 0.1) is 11.2 Å². The Balaban J connectivity index is 1.95. The van der Waals surface area contributed by atoms with Gasteiger partial charge in [-0.25, -0.2) is 9.18 Å². The van der Waals surface area contributed by atoms with Crippen LogP contribution in [0.4, 0.5) is 4.39 Å². The largest absolute Gasteiger partial charge is 0.491 e. The number of carboxylic acid groups (broad SMARTS) is 1. The zero-order valence-electron chi connectivity index (χ0n) is 13.0. The molecule has 0 spiro atoms. The molecule has 0 unspecified atom stereocenters. The summed E-state index contributed by atoms with van der Waals surface area (Å²) in [6.45, 7) is 4.58. The molecule has 1 aromatic carbocycles. The first-order chi connectivity index (χ1) is 10.8. The van der Waals surface area contributed by atoms with Crippen molar-refractivity contribution in [1.29, 1.82) is 0 Å². The number of amides is 1. The number of rotatable bonds is 2. The highest BCUT2D eigenvalue weighted by molar-refractivity contribution is 5.88. The molecular weight excluding hydrogens is 305 g/mol. The molecule has 124 valence electrons. The number of benzene rings is 1. The maximum Gasteiger partial charge on any atom is 0.335 e. The van der Waals surface area contributed by atoms with Crippen molar-refractivity contribution < 1.29 is 28.6 Å². The molecule has 23 heavy (non-hydrogen) atoms. The second-order valence-corrected chi connectivity index (χ2v) is 6.39. The average molecular weight is 323 g/mol. The summed E-state index contributed by atoms with van der Waals surface area (Å²) in [5.41, 5.74) is -0.555. The first-order valence-electron chi connectivity index (χ1n) is 7.39. The number of hydrogen-bond acceptors (Lipinski definition) is 4. The van der Waals surface area contributed by atoms with Gasteiger partial charge in [0.05, 0.1) is 36.8 Å². The Morgan fingerprint density at radius 3 is 2.65 bits per heavy atom. The predicted molar refractivity (Wildman–Crippen MR) is 77.8 cm³/mol. The van der Waals surface area contributed by atoms with Crippen LogP contribution in [0.2, 0.25) is 0 Å². The molecule has 7 heteroatoms. The number of hydrogen-bond donors (Lipinski definition) is 1. The maximum absolute atomic E-state index is 14.3. The Hall–Kier alpha value is -2.15. The molecular formula is C16H18FNO5. The van der Waals surface area contributed by atoms with Crippen LogP contribution in [0.1, 0.15) is 29.8 Å². The monoisotopic (exact) mass is 323 g/mol. The molecule has 1 fully saturated rings. The van der Waals surface area contributed by atoms with Crippen molar-refractivity contribution in [2.75, 3.05) is 19.8 Å². The molecule has 1 N–H and O–H groups in total. The van der Waals surface area contributed by atoms with Gasteiger partial charge in [0.15, 0.2) is 0 Å². The first kappa shape index (κ1) is 15.7. The van der Waals surface area contributed by atoms with E-state index in [-0.39, 0.29) is 42.0 Å².